The third-order valence-corrected chi connectivity index (χ3v) is 17.0. The number of methoxy groups -OCH3 is 2. The number of anilines is 2. The van der Waals surface area contributed by atoms with Crippen molar-refractivity contribution < 1.29 is 81.8 Å². The van der Waals surface area contributed by atoms with Crippen LogP contribution in [-0.4, -0.2) is 175 Å². The number of halogens is 2. The van der Waals surface area contributed by atoms with Gasteiger partial charge < -0.3 is 74.9 Å². The molecule has 2 saturated heterocycles. The number of amides is 7. The normalized spacial score (nSPS) is 24.6. The molecular formula is C61H84BrClN8O17. The number of epoxide rings is 1. The standard InChI is InChI=1S/C61H84BrClN8O17/c1-32(2)51(66-40(31-72)18-14-17-35(5)85-56(78)34(4)30-62)54(76)68-42(19-15-23-65-58(64)80)53(75)67-41-22-21-39(27-44(41)73)55(77)70(9)37(7)57(79)87-48-28-49(74)71(10)43-25-38(26-45(83-11)50(43)63)24-33(3)16-13-20-47(84-12)61(82)29-46(86-59(81)69-61)36(6)52-60(48,8)88-52/h13,16,20-22,25-27,31-32,35-37,40,42,46-48,51-52,66,73,82H,4,14-15,17-19,23-24,28-30H2,1-3,5-12H3,(H,67,75)(H,68,76)(H,69,81)(H3,64,65,80)/b20-13+,33-16+/t35?,36-,37+,40?,42+,46+,47-,48+,51+,52+,60+,61+/m1/s1. The van der Waals surface area contributed by atoms with Gasteiger partial charge in [-0.1, -0.05) is 78.7 Å². The second-order valence-corrected chi connectivity index (χ2v) is 24.0. The van der Waals surface area contributed by atoms with Crippen molar-refractivity contribution in [2.75, 3.05) is 50.4 Å². The molecule has 2 aromatic carbocycles. The fraction of sp³-hybridized carbons (Fsp3) is 0.557. The maximum absolute atomic E-state index is 14.5. The number of carbonyl (C=O) groups is 9. The summed E-state index contributed by atoms with van der Waals surface area (Å²) in [4.78, 5) is 122. The number of nitrogens with zero attached hydrogens (tertiary/aromatic N) is 2. The molecule has 7 amide bonds. The zero-order valence-corrected chi connectivity index (χ0v) is 53.9. The Kier molecular flexibility index (Phi) is 26.0. The predicted octanol–water partition coefficient (Wildman–Crippen LogP) is 5.64. The number of nitrogens with one attached hydrogen (secondary N) is 5. The van der Waals surface area contributed by atoms with E-state index in [1.165, 1.54) is 52.3 Å². The van der Waals surface area contributed by atoms with Crippen molar-refractivity contribution in [3.63, 3.8) is 0 Å². The monoisotopic (exact) mass is 1310 g/mol. The largest absolute Gasteiger partial charge is 0.506 e. The highest BCUT2D eigenvalue weighted by atomic mass is 79.9. The Morgan fingerprint density at radius 3 is 2.39 bits per heavy atom. The molecule has 12 atom stereocenters. The number of hydrogen-bond acceptors (Lipinski definition) is 18. The van der Waals surface area contributed by atoms with Crippen LogP contribution in [0.1, 0.15) is 109 Å². The van der Waals surface area contributed by atoms with Crippen LogP contribution in [0.4, 0.5) is 21.0 Å². The summed E-state index contributed by atoms with van der Waals surface area (Å²) in [6.45, 7) is 15.6. The van der Waals surface area contributed by atoms with E-state index in [1.54, 1.807) is 58.9 Å². The van der Waals surface area contributed by atoms with E-state index >= 15 is 0 Å². The Morgan fingerprint density at radius 2 is 1.76 bits per heavy atom. The number of fused-ring (bicyclic) bond motifs is 5. The van der Waals surface area contributed by atoms with Gasteiger partial charge in [0.2, 0.25) is 17.7 Å². The highest BCUT2D eigenvalue weighted by Gasteiger charge is 2.64. The van der Waals surface area contributed by atoms with Crippen LogP contribution in [0.2, 0.25) is 5.02 Å². The lowest BCUT2D eigenvalue weighted by molar-refractivity contribution is -0.158. The Balaban J connectivity index is 1.34. The van der Waals surface area contributed by atoms with E-state index < -0.39 is 132 Å². The van der Waals surface area contributed by atoms with E-state index in [0.29, 0.717) is 43.4 Å². The average molecular weight is 1320 g/mol. The van der Waals surface area contributed by atoms with E-state index in [-0.39, 0.29) is 58.9 Å². The average Bonchev–Trinajstić information content (AvgIpc) is 1.58. The number of alkyl carbamates (subject to hydrolysis) is 1. The number of aromatic hydroxyl groups is 1. The lowest BCUT2D eigenvalue weighted by Crippen LogP contribution is -2.63. The van der Waals surface area contributed by atoms with Crippen molar-refractivity contribution >= 4 is 92.9 Å². The number of nitrogens with two attached hydrogens (primary N) is 1. The van der Waals surface area contributed by atoms with Gasteiger partial charge in [-0.3, -0.25) is 29.8 Å². The van der Waals surface area contributed by atoms with Crippen LogP contribution in [0.25, 0.3) is 0 Å². The molecule has 2 aromatic rings. The minimum atomic E-state index is -1.93. The molecule has 3 aliphatic heterocycles. The summed E-state index contributed by atoms with van der Waals surface area (Å²) in [5, 5.41) is 36.9. The Labute approximate surface area is 526 Å². The zero-order valence-electron chi connectivity index (χ0n) is 51.6. The van der Waals surface area contributed by atoms with Crippen molar-refractivity contribution in [1.29, 1.82) is 0 Å². The minimum absolute atomic E-state index is 0.0227. The van der Waals surface area contributed by atoms with Crippen molar-refractivity contribution in [1.82, 2.24) is 26.2 Å². The molecule has 27 heteroatoms. The number of rotatable bonds is 25. The van der Waals surface area contributed by atoms with Gasteiger partial charge in [0.25, 0.3) is 5.91 Å². The first-order valence-electron chi connectivity index (χ1n) is 28.9. The number of hydrogen-bond donors (Lipinski definition) is 8. The summed E-state index contributed by atoms with van der Waals surface area (Å²) in [7, 11) is 5.66. The van der Waals surface area contributed by atoms with Crippen LogP contribution in [0.15, 0.2) is 66.3 Å². The Morgan fingerprint density at radius 1 is 1.06 bits per heavy atom. The number of aldehydes is 1. The van der Waals surface area contributed by atoms with Crippen molar-refractivity contribution in [2.45, 2.75) is 166 Å². The van der Waals surface area contributed by atoms with Crippen LogP contribution in [0, 0.1) is 11.8 Å². The first-order valence-corrected chi connectivity index (χ1v) is 30.4. The Hall–Kier alpha value is -7.10. The number of ether oxygens (including phenoxy) is 6. The molecule has 484 valence electrons. The van der Waals surface area contributed by atoms with Crippen molar-refractivity contribution in [3.8, 4) is 11.5 Å². The minimum Gasteiger partial charge on any atom is -0.506 e. The third-order valence-electron chi connectivity index (χ3n) is 15.9. The predicted molar refractivity (Wildman–Crippen MR) is 330 cm³/mol. The summed E-state index contributed by atoms with van der Waals surface area (Å²) in [6, 6.07) is 1.92. The quantitative estimate of drug-likeness (QED) is 0.00871. The van der Waals surface area contributed by atoms with Gasteiger partial charge in [0.05, 0.1) is 49.2 Å². The lowest BCUT2D eigenvalue weighted by Gasteiger charge is -2.42. The molecule has 9 N–H and O–H groups in total. The summed E-state index contributed by atoms with van der Waals surface area (Å²) >= 11 is 10.0. The fourth-order valence-corrected chi connectivity index (χ4v) is 11.0. The second-order valence-electron chi connectivity index (χ2n) is 23.0. The Bertz CT molecular complexity index is 2980. The van der Waals surface area contributed by atoms with Gasteiger partial charge in [0.1, 0.15) is 58.8 Å². The van der Waals surface area contributed by atoms with E-state index in [1.807, 2.05) is 13.0 Å². The number of esters is 2. The number of primary amides is 1. The highest BCUT2D eigenvalue weighted by molar-refractivity contribution is 9.09. The SMILES string of the molecule is C=C(CBr)C(=O)OC(C)CCCC(C=O)N[C@H](C(=O)N[C@@H](CCCNC(N)=O)C(=O)Nc1ccc(C(=O)N(C)[C@@H](C)C(=O)O[C@H]2CC(=O)N(C)c3cc(cc(OC)c3Cl)C/C(C)=C/C=C/[C@@H](OC)[C@@]3(O)C[C@H](OC(=O)N3)[C@@H](C)[C@@H]3O[C@@]23C)cc1O)C(C)C. The summed E-state index contributed by atoms with van der Waals surface area (Å²) < 4.78 is 34.9. The molecule has 3 aliphatic rings. The number of phenols is 1. The molecule has 0 radical (unpaired) electrons. The van der Waals surface area contributed by atoms with Crippen LogP contribution in [0.3, 0.4) is 0 Å². The number of carbonyl (C=O) groups excluding carboxylic acids is 9. The molecular weight excluding hydrogens is 1230 g/mol. The van der Waals surface area contributed by atoms with E-state index in [2.05, 4.69) is 49.1 Å². The first kappa shape index (κ1) is 71.7. The topological polar surface area (TPSA) is 345 Å². The van der Waals surface area contributed by atoms with Crippen LogP contribution in [-0.2, 0) is 58.9 Å². The molecule has 0 spiro atoms. The summed E-state index contributed by atoms with van der Waals surface area (Å²) in [6.07, 6.45) is 1.34. The van der Waals surface area contributed by atoms with E-state index in [4.69, 9.17) is 45.8 Å². The van der Waals surface area contributed by atoms with Gasteiger partial charge in [-0.15, -0.1) is 0 Å². The number of allylic oxidation sites excluding steroid dienone is 3. The van der Waals surface area contributed by atoms with Crippen LogP contribution < -0.4 is 42.0 Å². The maximum atomic E-state index is 14.5. The van der Waals surface area contributed by atoms with Crippen LogP contribution in [0.5, 0.6) is 11.5 Å². The lowest BCUT2D eigenvalue weighted by atomic mass is 9.83. The number of aliphatic hydroxyl groups is 1. The molecule has 0 aromatic heterocycles. The number of likely N-dealkylation sites (N-methyl/N-ethyl adjacent to an activating group) is 1. The smallest absolute Gasteiger partial charge is 0.409 e. The summed E-state index contributed by atoms with van der Waals surface area (Å²) in [5.41, 5.74) is 3.78. The van der Waals surface area contributed by atoms with Gasteiger partial charge in [0.15, 0.2) is 5.72 Å². The molecule has 5 rings (SSSR count). The second kappa shape index (κ2) is 31.9. The number of phenolic OH excluding ortho intramolecular Hbond substituents is 1. The zero-order chi connectivity index (χ0) is 65.5. The first-order chi connectivity index (χ1) is 41.4. The number of urea groups is 1. The molecule has 3 heterocycles. The van der Waals surface area contributed by atoms with E-state index in [9.17, 15) is 53.4 Å². The van der Waals surface area contributed by atoms with Gasteiger partial charge in [-0.05, 0) is 108 Å². The molecule has 0 aliphatic carbocycles. The molecule has 88 heavy (non-hydrogen) atoms. The molecule has 25 nitrogen and oxygen atoms in total. The van der Waals surface area contributed by atoms with Crippen LogP contribution >= 0.6 is 27.5 Å². The fourth-order valence-electron chi connectivity index (χ4n) is 10.4. The highest BCUT2D eigenvalue weighted by Crippen LogP contribution is 2.49. The summed E-state index contributed by atoms with van der Waals surface area (Å²) in [5.74, 6) is -5.54. The van der Waals surface area contributed by atoms with E-state index in [0.717, 1.165) is 22.1 Å². The third kappa shape index (κ3) is 18.7. The van der Waals surface area contributed by atoms with Crippen molar-refractivity contribution in [3.05, 3.63) is 82.4 Å². The number of benzene rings is 2. The van der Waals surface area contributed by atoms with Gasteiger partial charge in [0, 0.05) is 56.6 Å². The van der Waals surface area contributed by atoms with Gasteiger partial charge >= 0.3 is 24.1 Å². The van der Waals surface area contributed by atoms with Crippen molar-refractivity contribution in [2.24, 2.45) is 17.6 Å². The molecule has 4 bridgehead atoms. The number of alkyl halides is 1. The maximum Gasteiger partial charge on any atom is 0.409 e. The molecule has 2 unspecified atom stereocenters. The molecule has 2 fully saturated rings. The van der Waals surface area contributed by atoms with Gasteiger partial charge in [-0.2, -0.15) is 0 Å². The van der Waals surface area contributed by atoms with Gasteiger partial charge in [-0.25, -0.2) is 19.2 Å². The molecule has 0 saturated carbocycles.